The van der Waals surface area contributed by atoms with E-state index in [1.165, 1.54) is 0 Å². The van der Waals surface area contributed by atoms with E-state index in [-0.39, 0.29) is 12.0 Å². The number of aliphatic hydroxyl groups excluding tert-OH is 1. The predicted octanol–water partition coefficient (Wildman–Crippen LogP) is 0.459. The normalized spacial score (nSPS) is 16.0. The van der Waals surface area contributed by atoms with E-state index in [0.29, 0.717) is 6.54 Å². The van der Waals surface area contributed by atoms with Crippen LogP contribution in [0.15, 0.2) is 0 Å². The molecular weight excluding hydrogens is 140 g/mol. The molecule has 0 amide bonds. The van der Waals surface area contributed by atoms with Crippen molar-refractivity contribution in [2.24, 2.45) is 5.92 Å². The molecular formula is C8H16N2O. The van der Waals surface area contributed by atoms with E-state index in [0.717, 1.165) is 6.54 Å². The summed E-state index contributed by atoms with van der Waals surface area (Å²) in [6.07, 6.45) is -0.314. The van der Waals surface area contributed by atoms with Crippen molar-refractivity contribution >= 4 is 0 Å². The summed E-state index contributed by atoms with van der Waals surface area (Å²) < 4.78 is 0. The minimum Gasteiger partial charge on any atom is -0.392 e. The van der Waals surface area contributed by atoms with E-state index in [2.05, 4.69) is 6.07 Å². The van der Waals surface area contributed by atoms with Crippen LogP contribution >= 0.6 is 0 Å². The average Bonchev–Trinajstić information content (AvgIpc) is 1.85. The van der Waals surface area contributed by atoms with Gasteiger partial charge in [0.2, 0.25) is 0 Å². The molecule has 2 atom stereocenters. The summed E-state index contributed by atoms with van der Waals surface area (Å²) in [5, 5.41) is 17.5. The number of hydrogen-bond acceptors (Lipinski definition) is 3. The maximum Gasteiger partial charge on any atom is 0.0666 e. The topological polar surface area (TPSA) is 47.3 Å². The van der Waals surface area contributed by atoms with Gasteiger partial charge in [-0.1, -0.05) is 0 Å². The van der Waals surface area contributed by atoms with E-state index in [4.69, 9.17) is 10.4 Å². The molecule has 64 valence electrons. The van der Waals surface area contributed by atoms with Crippen LogP contribution in [0.1, 0.15) is 13.8 Å². The van der Waals surface area contributed by atoms with Crippen molar-refractivity contribution < 1.29 is 5.11 Å². The molecule has 0 rings (SSSR count). The van der Waals surface area contributed by atoms with E-state index < -0.39 is 0 Å². The summed E-state index contributed by atoms with van der Waals surface area (Å²) >= 11 is 0. The Morgan fingerprint density at radius 3 is 2.36 bits per heavy atom. The molecule has 0 aromatic rings. The zero-order valence-corrected chi connectivity index (χ0v) is 7.41. The van der Waals surface area contributed by atoms with Gasteiger partial charge < -0.3 is 10.0 Å². The van der Waals surface area contributed by atoms with Gasteiger partial charge in [0.1, 0.15) is 0 Å². The molecule has 0 saturated carbocycles. The van der Waals surface area contributed by atoms with E-state index in [9.17, 15) is 0 Å². The van der Waals surface area contributed by atoms with Crippen LogP contribution in [-0.2, 0) is 0 Å². The Labute approximate surface area is 68.2 Å². The minimum absolute atomic E-state index is 0.0405. The SMILES string of the molecule is CC(O)CN(C)CC(C)C#N. The summed E-state index contributed by atoms with van der Waals surface area (Å²) in [7, 11) is 1.90. The van der Waals surface area contributed by atoms with Gasteiger partial charge >= 0.3 is 0 Å². The third kappa shape index (κ3) is 5.84. The van der Waals surface area contributed by atoms with Crippen molar-refractivity contribution in [3.05, 3.63) is 0 Å². The lowest BCUT2D eigenvalue weighted by Gasteiger charge is -2.18. The molecule has 3 heteroatoms. The van der Waals surface area contributed by atoms with Gasteiger partial charge in [0.05, 0.1) is 18.1 Å². The molecule has 0 aliphatic rings. The highest BCUT2D eigenvalue weighted by molar-refractivity contribution is 4.80. The Bertz CT molecular complexity index is 140. The van der Waals surface area contributed by atoms with Crippen molar-refractivity contribution in [1.29, 1.82) is 5.26 Å². The summed E-state index contributed by atoms with van der Waals surface area (Å²) in [4.78, 5) is 1.96. The highest BCUT2D eigenvalue weighted by Crippen LogP contribution is 1.96. The largest absolute Gasteiger partial charge is 0.392 e. The lowest BCUT2D eigenvalue weighted by atomic mass is 10.2. The summed E-state index contributed by atoms with van der Waals surface area (Å²) in [5.74, 6) is 0.0405. The number of aliphatic hydroxyl groups is 1. The molecule has 0 aromatic carbocycles. The Morgan fingerprint density at radius 1 is 1.45 bits per heavy atom. The maximum absolute atomic E-state index is 8.98. The van der Waals surface area contributed by atoms with Crippen LogP contribution in [-0.4, -0.2) is 36.2 Å². The third-order valence-electron chi connectivity index (χ3n) is 1.38. The molecule has 0 saturated heterocycles. The van der Waals surface area contributed by atoms with Crippen molar-refractivity contribution in [3.63, 3.8) is 0 Å². The maximum atomic E-state index is 8.98. The van der Waals surface area contributed by atoms with Crippen LogP contribution < -0.4 is 0 Å². The third-order valence-corrected chi connectivity index (χ3v) is 1.38. The molecule has 0 fully saturated rings. The first-order valence-electron chi connectivity index (χ1n) is 3.82. The Morgan fingerprint density at radius 2 is 2.00 bits per heavy atom. The fourth-order valence-electron chi connectivity index (χ4n) is 1.03. The number of rotatable bonds is 4. The molecule has 3 nitrogen and oxygen atoms in total. The van der Waals surface area contributed by atoms with Crippen molar-refractivity contribution in [3.8, 4) is 6.07 Å². The molecule has 1 N–H and O–H groups in total. The van der Waals surface area contributed by atoms with E-state index >= 15 is 0 Å². The first-order chi connectivity index (χ1) is 5.06. The minimum atomic E-state index is -0.314. The summed E-state index contributed by atoms with van der Waals surface area (Å²) in [5.41, 5.74) is 0. The Hall–Kier alpha value is -0.590. The Kier molecular flexibility index (Phi) is 4.84. The second-order valence-electron chi connectivity index (χ2n) is 3.10. The highest BCUT2D eigenvalue weighted by Gasteiger charge is 2.06. The second kappa shape index (κ2) is 5.11. The zero-order valence-electron chi connectivity index (χ0n) is 7.41. The van der Waals surface area contributed by atoms with Crippen LogP contribution in [0.5, 0.6) is 0 Å². The molecule has 0 bridgehead atoms. The second-order valence-corrected chi connectivity index (χ2v) is 3.10. The number of nitriles is 1. The van der Waals surface area contributed by atoms with Crippen LogP contribution in [0.4, 0.5) is 0 Å². The monoisotopic (exact) mass is 156 g/mol. The van der Waals surface area contributed by atoms with Gasteiger partial charge in [-0.05, 0) is 20.9 Å². The van der Waals surface area contributed by atoms with E-state index in [1.807, 2.05) is 18.9 Å². The van der Waals surface area contributed by atoms with Gasteiger partial charge in [-0.2, -0.15) is 5.26 Å². The summed E-state index contributed by atoms with van der Waals surface area (Å²) in [6, 6.07) is 2.15. The van der Waals surface area contributed by atoms with Gasteiger partial charge in [0.15, 0.2) is 0 Å². The van der Waals surface area contributed by atoms with Gasteiger partial charge in [-0.25, -0.2) is 0 Å². The van der Waals surface area contributed by atoms with Crippen LogP contribution in [0, 0.1) is 17.2 Å². The lowest BCUT2D eigenvalue weighted by Crippen LogP contribution is -2.30. The molecule has 0 aliphatic heterocycles. The van der Waals surface area contributed by atoms with Gasteiger partial charge in [-0.3, -0.25) is 0 Å². The van der Waals surface area contributed by atoms with Gasteiger partial charge in [0, 0.05) is 13.1 Å². The van der Waals surface area contributed by atoms with E-state index in [1.54, 1.807) is 6.92 Å². The number of likely N-dealkylation sites (N-methyl/N-ethyl adjacent to an activating group) is 1. The van der Waals surface area contributed by atoms with Gasteiger partial charge in [-0.15, -0.1) is 0 Å². The standard InChI is InChI=1S/C8H16N2O/c1-7(4-9)5-10(3)6-8(2)11/h7-8,11H,5-6H2,1-3H3. The molecule has 0 aromatic heterocycles. The first kappa shape index (κ1) is 10.4. The first-order valence-corrected chi connectivity index (χ1v) is 3.82. The van der Waals surface area contributed by atoms with Crippen LogP contribution in [0.2, 0.25) is 0 Å². The smallest absolute Gasteiger partial charge is 0.0666 e. The zero-order chi connectivity index (χ0) is 8.85. The summed E-state index contributed by atoms with van der Waals surface area (Å²) in [6.45, 7) is 4.97. The fraction of sp³-hybridized carbons (Fsp3) is 0.875. The molecule has 0 heterocycles. The molecule has 0 aliphatic carbocycles. The number of hydrogen-bond donors (Lipinski definition) is 1. The number of nitrogens with zero attached hydrogens (tertiary/aromatic N) is 2. The van der Waals surface area contributed by atoms with Crippen molar-refractivity contribution in [2.75, 3.05) is 20.1 Å². The fourth-order valence-corrected chi connectivity index (χ4v) is 1.03. The van der Waals surface area contributed by atoms with Crippen molar-refractivity contribution in [1.82, 2.24) is 4.90 Å². The highest BCUT2D eigenvalue weighted by atomic mass is 16.3. The molecule has 2 unspecified atom stereocenters. The molecule has 0 spiro atoms. The van der Waals surface area contributed by atoms with Crippen LogP contribution in [0.25, 0.3) is 0 Å². The van der Waals surface area contributed by atoms with Gasteiger partial charge in [0.25, 0.3) is 0 Å². The molecule has 0 radical (unpaired) electrons. The van der Waals surface area contributed by atoms with Crippen molar-refractivity contribution in [2.45, 2.75) is 20.0 Å². The van der Waals surface area contributed by atoms with Crippen LogP contribution in [0.3, 0.4) is 0 Å². The quantitative estimate of drug-likeness (QED) is 0.643. The average molecular weight is 156 g/mol. The Balaban J connectivity index is 3.53. The molecule has 11 heavy (non-hydrogen) atoms. The lowest BCUT2D eigenvalue weighted by molar-refractivity contribution is 0.137. The predicted molar refractivity (Wildman–Crippen MR) is 44.0 cm³/mol.